The Kier molecular flexibility index (Phi) is 39.0. The summed E-state index contributed by atoms with van der Waals surface area (Å²) in [6.07, 6.45) is 38.9. The van der Waals surface area contributed by atoms with Crippen LogP contribution < -0.4 is 0 Å². The number of carbonyl (C=O) groups is 2. The van der Waals surface area contributed by atoms with E-state index in [1.54, 1.807) is 0 Å². The van der Waals surface area contributed by atoms with Crippen LogP contribution >= 0.6 is 0 Å². The molecule has 240 valence electrons. The van der Waals surface area contributed by atoms with Gasteiger partial charge in [-0.05, 0) is 12.8 Å². The smallest absolute Gasteiger partial charge is 0.305 e. The molecule has 40 heavy (non-hydrogen) atoms. The maximum absolute atomic E-state index is 10.9. The van der Waals surface area contributed by atoms with Crippen LogP contribution in [0.3, 0.4) is 0 Å². The van der Waals surface area contributed by atoms with Gasteiger partial charge >= 0.3 is 11.9 Å². The lowest BCUT2D eigenvalue weighted by Gasteiger charge is -2.03. The zero-order chi connectivity index (χ0) is 29.8. The molecule has 0 radical (unpaired) electrons. The van der Waals surface area contributed by atoms with Crippen molar-refractivity contribution in [1.29, 1.82) is 0 Å². The maximum Gasteiger partial charge on any atom is 0.305 e. The number of carbonyl (C=O) groups excluding carboxylic acids is 2. The van der Waals surface area contributed by atoms with Crippen molar-refractivity contribution in [3.63, 3.8) is 0 Å². The molecule has 0 unspecified atom stereocenters. The molecule has 0 fully saturated rings. The summed E-state index contributed by atoms with van der Waals surface area (Å²) in [6.45, 7) is 4.55. The van der Waals surface area contributed by atoms with E-state index in [0.717, 1.165) is 12.8 Å². The molecule has 0 aliphatic rings. The number of unbranched alkanes of at least 4 members (excludes halogenated alkanes) is 26. The van der Waals surface area contributed by atoms with Crippen molar-refractivity contribution < 1.29 is 19.1 Å². The molecule has 0 amide bonds. The van der Waals surface area contributed by atoms with Gasteiger partial charge in [-0.2, -0.15) is 0 Å². The van der Waals surface area contributed by atoms with Gasteiger partial charge in [0.05, 0.1) is 14.2 Å². The van der Waals surface area contributed by atoms with Crippen LogP contribution in [0.5, 0.6) is 0 Å². The lowest BCUT2D eigenvalue weighted by molar-refractivity contribution is -0.141. The topological polar surface area (TPSA) is 52.6 Å². The predicted octanol–water partition coefficient (Wildman–Crippen LogP) is 12.1. The molecule has 0 aromatic rings. The highest BCUT2D eigenvalue weighted by atomic mass is 16.5. The fourth-order valence-electron chi connectivity index (χ4n) is 5.13. The second-order valence-electron chi connectivity index (χ2n) is 11.8. The molecular formula is C36H72O4. The molecule has 0 bridgehead atoms. The van der Waals surface area contributed by atoms with E-state index in [2.05, 4.69) is 23.3 Å². The van der Waals surface area contributed by atoms with Gasteiger partial charge in [0.2, 0.25) is 0 Å². The Morgan fingerprint density at radius 3 is 0.675 bits per heavy atom. The van der Waals surface area contributed by atoms with E-state index in [-0.39, 0.29) is 11.9 Å². The van der Waals surface area contributed by atoms with Crippen LogP contribution in [0.25, 0.3) is 0 Å². The fourth-order valence-corrected chi connectivity index (χ4v) is 5.13. The van der Waals surface area contributed by atoms with Crippen molar-refractivity contribution in [1.82, 2.24) is 0 Å². The van der Waals surface area contributed by atoms with Crippen molar-refractivity contribution in [3.8, 4) is 0 Å². The van der Waals surface area contributed by atoms with Crippen molar-refractivity contribution in [3.05, 3.63) is 0 Å². The van der Waals surface area contributed by atoms with E-state index < -0.39 is 0 Å². The largest absolute Gasteiger partial charge is 0.469 e. The van der Waals surface area contributed by atoms with Crippen molar-refractivity contribution >= 4 is 11.9 Å². The van der Waals surface area contributed by atoms with E-state index in [1.807, 2.05) is 0 Å². The molecule has 4 heteroatoms. The summed E-state index contributed by atoms with van der Waals surface area (Å²) in [5.74, 6) is -0.132. The van der Waals surface area contributed by atoms with Crippen LogP contribution in [0.1, 0.15) is 206 Å². The van der Waals surface area contributed by atoms with E-state index in [1.165, 1.54) is 181 Å². The van der Waals surface area contributed by atoms with Gasteiger partial charge in [0.15, 0.2) is 0 Å². The van der Waals surface area contributed by atoms with E-state index in [4.69, 9.17) is 0 Å². The number of hydrogen-bond acceptors (Lipinski definition) is 4. The molecule has 0 aromatic heterocycles. The average Bonchev–Trinajstić information content (AvgIpc) is 2.97. The number of methoxy groups -OCH3 is 2. The standard InChI is InChI=1S/C19H38O2.C17H34O2/c1-3-4-5-6-7-8-9-10-11-12-13-14-15-16-17-18-19(20)21-2;1-3-4-5-6-7-8-9-10-11-12-13-14-15-16-17(18)19-2/h3-18H2,1-2H3;3-16H2,1-2H3. The lowest BCUT2D eigenvalue weighted by atomic mass is 10.0. The molecule has 4 nitrogen and oxygen atoms in total. The van der Waals surface area contributed by atoms with Gasteiger partial charge in [-0.3, -0.25) is 9.59 Å². The Bertz CT molecular complexity index is 491. The molecule has 0 heterocycles. The minimum atomic E-state index is -0.0666. The first-order valence-electron chi connectivity index (χ1n) is 17.8. The van der Waals surface area contributed by atoms with Gasteiger partial charge in [0, 0.05) is 12.8 Å². The Morgan fingerprint density at radius 2 is 0.500 bits per heavy atom. The Hall–Kier alpha value is -1.06. The summed E-state index contributed by atoms with van der Waals surface area (Å²) < 4.78 is 9.25. The summed E-state index contributed by atoms with van der Waals surface area (Å²) in [4.78, 5) is 21.8. The summed E-state index contributed by atoms with van der Waals surface area (Å²) in [5, 5.41) is 0. The molecule has 0 aliphatic heterocycles. The van der Waals surface area contributed by atoms with E-state index in [9.17, 15) is 9.59 Å². The molecule has 0 saturated heterocycles. The van der Waals surface area contributed by atoms with Crippen molar-refractivity contribution in [2.75, 3.05) is 14.2 Å². The van der Waals surface area contributed by atoms with Crippen LogP contribution in [0.2, 0.25) is 0 Å². The van der Waals surface area contributed by atoms with Crippen LogP contribution in [0.4, 0.5) is 0 Å². The Labute approximate surface area is 251 Å². The van der Waals surface area contributed by atoms with E-state index in [0.29, 0.717) is 12.8 Å². The summed E-state index contributed by atoms with van der Waals surface area (Å²) in [6, 6.07) is 0. The second kappa shape index (κ2) is 37.9. The molecule has 0 rings (SSSR count). The highest BCUT2D eigenvalue weighted by Gasteiger charge is 2.00. The van der Waals surface area contributed by atoms with Crippen molar-refractivity contribution in [2.45, 2.75) is 206 Å². The first-order valence-corrected chi connectivity index (χ1v) is 17.8. The number of hydrogen-bond donors (Lipinski definition) is 0. The zero-order valence-corrected chi connectivity index (χ0v) is 27.8. The Balaban J connectivity index is 0. The van der Waals surface area contributed by atoms with Gasteiger partial charge in [-0.25, -0.2) is 0 Å². The minimum absolute atomic E-state index is 0.0651. The SMILES string of the molecule is CCCCCCCCCCCCCCCC(=O)OC.CCCCCCCCCCCCCCCCCC(=O)OC. The minimum Gasteiger partial charge on any atom is -0.469 e. The summed E-state index contributed by atoms with van der Waals surface area (Å²) in [5.41, 5.74) is 0. The third-order valence-corrected chi connectivity index (χ3v) is 7.92. The lowest BCUT2D eigenvalue weighted by Crippen LogP contribution is -1.99. The molecule has 0 N–H and O–H groups in total. The van der Waals surface area contributed by atoms with Gasteiger partial charge < -0.3 is 9.47 Å². The highest BCUT2D eigenvalue weighted by molar-refractivity contribution is 5.69. The zero-order valence-electron chi connectivity index (χ0n) is 27.8. The predicted molar refractivity (Wildman–Crippen MR) is 174 cm³/mol. The summed E-state index contributed by atoms with van der Waals surface area (Å²) in [7, 11) is 2.93. The molecular weight excluding hydrogens is 496 g/mol. The first-order chi connectivity index (χ1) is 19.6. The van der Waals surface area contributed by atoms with Gasteiger partial charge in [-0.1, -0.05) is 181 Å². The fraction of sp³-hybridized carbons (Fsp3) is 0.944. The van der Waals surface area contributed by atoms with Gasteiger partial charge in [0.1, 0.15) is 0 Å². The number of esters is 2. The molecule has 0 saturated carbocycles. The number of ether oxygens (including phenoxy) is 2. The van der Waals surface area contributed by atoms with Crippen molar-refractivity contribution in [2.24, 2.45) is 0 Å². The van der Waals surface area contributed by atoms with Crippen LogP contribution in [-0.4, -0.2) is 26.2 Å². The molecule has 0 aromatic carbocycles. The monoisotopic (exact) mass is 569 g/mol. The highest BCUT2D eigenvalue weighted by Crippen LogP contribution is 2.14. The normalized spacial score (nSPS) is 10.7. The third-order valence-electron chi connectivity index (χ3n) is 7.92. The second-order valence-corrected chi connectivity index (χ2v) is 11.8. The Morgan fingerprint density at radius 1 is 0.325 bits per heavy atom. The average molecular weight is 569 g/mol. The van der Waals surface area contributed by atoms with E-state index >= 15 is 0 Å². The molecule has 0 atom stereocenters. The number of rotatable bonds is 30. The molecule has 0 spiro atoms. The van der Waals surface area contributed by atoms with Gasteiger partial charge in [0.25, 0.3) is 0 Å². The van der Waals surface area contributed by atoms with Crippen LogP contribution in [-0.2, 0) is 19.1 Å². The van der Waals surface area contributed by atoms with Gasteiger partial charge in [-0.15, -0.1) is 0 Å². The molecule has 0 aliphatic carbocycles. The van der Waals surface area contributed by atoms with Crippen LogP contribution in [0.15, 0.2) is 0 Å². The third kappa shape index (κ3) is 39.1. The van der Waals surface area contributed by atoms with Crippen LogP contribution in [0, 0.1) is 0 Å². The first kappa shape index (κ1) is 41.1. The summed E-state index contributed by atoms with van der Waals surface area (Å²) >= 11 is 0. The quantitative estimate of drug-likeness (QED) is 0.0638. The maximum atomic E-state index is 10.9.